The van der Waals surface area contributed by atoms with Crippen LogP contribution in [0.25, 0.3) is 0 Å². The fourth-order valence-corrected chi connectivity index (χ4v) is 2.60. The monoisotopic (exact) mass is 350 g/mol. The minimum Gasteiger partial charge on any atom is -0.399 e. The molecule has 2 heterocycles. The van der Waals surface area contributed by atoms with E-state index in [1.807, 2.05) is 0 Å². The molecule has 0 unspecified atom stereocenters. The molecule has 126 valence electrons. The lowest BCUT2D eigenvalue weighted by Gasteiger charge is -2.09. The number of nitrogen functional groups attached to an aromatic ring is 1. The van der Waals surface area contributed by atoms with E-state index >= 15 is 0 Å². The van der Waals surface area contributed by atoms with Crippen molar-refractivity contribution in [2.75, 3.05) is 24.3 Å². The Labute approximate surface area is 141 Å². The molecule has 1 aliphatic rings. The summed E-state index contributed by atoms with van der Waals surface area (Å²) < 4.78 is 18.2. The van der Waals surface area contributed by atoms with E-state index in [0.717, 1.165) is 17.5 Å². The third-order valence-electron chi connectivity index (χ3n) is 3.28. The molecule has 3 N–H and O–H groups in total. The molecular formula is C15H15FN4O3S. The zero-order valence-electron chi connectivity index (χ0n) is 12.6. The number of hydrogen-bond donors (Lipinski definition) is 2. The molecule has 0 radical (unpaired) electrons. The fraction of sp³-hybridized carbons (Fsp3) is 0.267. The average Bonchev–Trinajstić information content (AvgIpc) is 3.21. The Balaban J connectivity index is 1.81. The van der Waals surface area contributed by atoms with E-state index in [1.165, 1.54) is 0 Å². The van der Waals surface area contributed by atoms with Crippen LogP contribution in [0.15, 0.2) is 35.6 Å². The number of benzene rings is 1. The van der Waals surface area contributed by atoms with Crippen LogP contribution in [0.1, 0.15) is 12.0 Å². The number of thiazole rings is 1. The third-order valence-corrected chi connectivity index (χ3v) is 3.98. The Morgan fingerprint density at radius 3 is 2.88 bits per heavy atom. The number of rotatable bonds is 5. The molecule has 0 bridgehead atoms. The van der Waals surface area contributed by atoms with Gasteiger partial charge < -0.3 is 15.3 Å². The number of ether oxygens (including phenoxy) is 1. The van der Waals surface area contributed by atoms with Crippen molar-refractivity contribution in [3.63, 3.8) is 0 Å². The summed E-state index contributed by atoms with van der Waals surface area (Å²) in [5.74, 6) is -0.548. The highest BCUT2D eigenvalue weighted by Gasteiger charge is 2.21. The second-order valence-corrected chi connectivity index (χ2v) is 6.06. The maximum atomic E-state index is 13.0. The lowest BCUT2D eigenvalue weighted by atomic mass is 10.1. The first kappa shape index (κ1) is 16.3. The van der Waals surface area contributed by atoms with Crippen LogP contribution in [0.4, 0.5) is 15.2 Å². The standard InChI is InChI=1S/C15H15FN4O3S/c16-12-7-18-15(24-12)19-14(21)13(9-1-3-10(17)4-2-9)20-23-11-5-6-22-8-11/h1-4,7,11H,5-6,8,17H2,(H,18,19,21)/b20-13+/t11-/m1/s1. The molecule has 3 rings (SSSR count). The zero-order chi connectivity index (χ0) is 16.9. The highest BCUT2D eigenvalue weighted by atomic mass is 32.1. The Kier molecular flexibility index (Phi) is 5.02. The highest BCUT2D eigenvalue weighted by molar-refractivity contribution is 7.14. The number of amides is 1. The summed E-state index contributed by atoms with van der Waals surface area (Å²) in [6, 6.07) is 6.62. The number of carbonyl (C=O) groups is 1. The molecule has 1 aromatic carbocycles. The maximum Gasteiger partial charge on any atom is 0.280 e. The van der Waals surface area contributed by atoms with Crippen molar-refractivity contribution in [1.82, 2.24) is 4.98 Å². The predicted octanol–water partition coefficient (Wildman–Crippen LogP) is 2.01. The lowest BCUT2D eigenvalue weighted by molar-refractivity contribution is -0.110. The molecular weight excluding hydrogens is 335 g/mol. The molecule has 0 aliphatic carbocycles. The third kappa shape index (κ3) is 4.06. The van der Waals surface area contributed by atoms with Gasteiger partial charge in [0.15, 0.2) is 22.1 Å². The largest absolute Gasteiger partial charge is 0.399 e. The molecule has 1 amide bonds. The van der Waals surface area contributed by atoms with E-state index in [9.17, 15) is 9.18 Å². The highest BCUT2D eigenvalue weighted by Crippen LogP contribution is 2.17. The molecule has 24 heavy (non-hydrogen) atoms. The number of carbonyl (C=O) groups excluding carboxylic acids is 1. The minimum absolute atomic E-state index is 0.0532. The summed E-state index contributed by atoms with van der Waals surface area (Å²) in [7, 11) is 0. The van der Waals surface area contributed by atoms with Gasteiger partial charge in [-0.2, -0.15) is 4.39 Å². The zero-order valence-corrected chi connectivity index (χ0v) is 13.4. The second kappa shape index (κ2) is 7.37. The summed E-state index contributed by atoms with van der Waals surface area (Å²) >= 11 is 0.729. The van der Waals surface area contributed by atoms with Gasteiger partial charge in [0.1, 0.15) is 0 Å². The molecule has 1 aliphatic heterocycles. The molecule has 1 atom stereocenters. The maximum absolute atomic E-state index is 13.0. The van der Waals surface area contributed by atoms with Crippen molar-refractivity contribution < 1.29 is 18.8 Å². The quantitative estimate of drug-likeness (QED) is 0.488. The summed E-state index contributed by atoms with van der Waals surface area (Å²) in [5, 5.41) is 6.14. The van der Waals surface area contributed by atoms with Gasteiger partial charge in [-0.05, 0) is 12.1 Å². The Hall–Kier alpha value is -2.52. The molecule has 1 fully saturated rings. The van der Waals surface area contributed by atoms with Crippen molar-refractivity contribution >= 4 is 33.8 Å². The van der Waals surface area contributed by atoms with Gasteiger partial charge >= 0.3 is 0 Å². The van der Waals surface area contributed by atoms with Crippen molar-refractivity contribution in [1.29, 1.82) is 0 Å². The van der Waals surface area contributed by atoms with Crippen LogP contribution in [-0.4, -0.2) is 35.9 Å². The van der Waals surface area contributed by atoms with Crippen molar-refractivity contribution in [3.05, 3.63) is 41.2 Å². The molecule has 0 spiro atoms. The molecule has 9 heteroatoms. The van der Waals surface area contributed by atoms with Gasteiger partial charge in [-0.1, -0.05) is 28.6 Å². The number of hydrogen-bond acceptors (Lipinski definition) is 7. The number of aromatic nitrogens is 1. The molecule has 0 saturated carbocycles. The van der Waals surface area contributed by atoms with Gasteiger partial charge in [-0.25, -0.2) is 4.98 Å². The van der Waals surface area contributed by atoms with Gasteiger partial charge in [0.25, 0.3) is 5.91 Å². The first-order valence-corrected chi connectivity index (χ1v) is 8.03. The van der Waals surface area contributed by atoms with Crippen LogP contribution in [-0.2, 0) is 14.4 Å². The minimum atomic E-state index is -0.548. The average molecular weight is 350 g/mol. The number of oxime groups is 1. The number of nitrogens with two attached hydrogens (primary N) is 1. The Morgan fingerprint density at radius 2 is 2.25 bits per heavy atom. The van der Waals surface area contributed by atoms with E-state index in [-0.39, 0.29) is 16.9 Å². The summed E-state index contributed by atoms with van der Waals surface area (Å²) in [4.78, 5) is 21.6. The van der Waals surface area contributed by atoms with Gasteiger partial charge in [0.2, 0.25) is 0 Å². The van der Waals surface area contributed by atoms with E-state index in [0.29, 0.717) is 30.9 Å². The summed E-state index contributed by atoms with van der Waals surface area (Å²) in [6.45, 7) is 1.03. The lowest BCUT2D eigenvalue weighted by Crippen LogP contribution is -2.25. The topological polar surface area (TPSA) is 98.8 Å². The van der Waals surface area contributed by atoms with Crippen LogP contribution < -0.4 is 11.1 Å². The second-order valence-electron chi connectivity index (χ2n) is 5.08. The van der Waals surface area contributed by atoms with E-state index in [2.05, 4.69) is 15.5 Å². The number of nitrogens with zero attached hydrogens (tertiary/aromatic N) is 2. The Morgan fingerprint density at radius 1 is 1.46 bits per heavy atom. The number of halogens is 1. The van der Waals surface area contributed by atoms with E-state index < -0.39 is 11.0 Å². The Bertz CT molecular complexity index is 741. The van der Waals surface area contributed by atoms with Crippen LogP contribution in [0.2, 0.25) is 0 Å². The van der Waals surface area contributed by atoms with Gasteiger partial charge in [0.05, 0.1) is 19.4 Å². The van der Waals surface area contributed by atoms with Gasteiger partial charge in [-0.3, -0.25) is 10.1 Å². The first-order chi connectivity index (χ1) is 11.6. The summed E-state index contributed by atoms with van der Waals surface area (Å²) in [5.41, 5.74) is 6.80. The first-order valence-electron chi connectivity index (χ1n) is 7.22. The van der Waals surface area contributed by atoms with E-state index in [4.69, 9.17) is 15.3 Å². The number of anilines is 2. The van der Waals surface area contributed by atoms with Crippen molar-refractivity contribution in [3.8, 4) is 0 Å². The normalized spacial score (nSPS) is 17.7. The van der Waals surface area contributed by atoms with Gasteiger partial charge in [-0.15, -0.1) is 0 Å². The SMILES string of the molecule is Nc1ccc(/C(=N\O[C@@H]2CCOC2)C(=O)Nc2ncc(F)s2)cc1. The van der Waals surface area contributed by atoms with Crippen molar-refractivity contribution in [2.24, 2.45) is 5.16 Å². The molecule has 2 aromatic rings. The predicted molar refractivity (Wildman–Crippen MR) is 88.4 cm³/mol. The van der Waals surface area contributed by atoms with E-state index in [1.54, 1.807) is 24.3 Å². The summed E-state index contributed by atoms with van der Waals surface area (Å²) in [6.07, 6.45) is 1.55. The molecule has 7 nitrogen and oxygen atoms in total. The van der Waals surface area contributed by atoms with Crippen molar-refractivity contribution in [2.45, 2.75) is 12.5 Å². The number of nitrogens with one attached hydrogen (secondary N) is 1. The van der Waals surface area contributed by atoms with Crippen LogP contribution in [0, 0.1) is 5.13 Å². The van der Waals surface area contributed by atoms with Gasteiger partial charge in [0, 0.05) is 17.7 Å². The van der Waals surface area contributed by atoms with Crippen LogP contribution >= 0.6 is 11.3 Å². The fourth-order valence-electron chi connectivity index (χ4n) is 2.06. The molecule has 1 saturated heterocycles. The smallest absolute Gasteiger partial charge is 0.280 e. The van der Waals surface area contributed by atoms with Crippen LogP contribution in [0.3, 0.4) is 0 Å². The van der Waals surface area contributed by atoms with Crippen LogP contribution in [0.5, 0.6) is 0 Å². The molecule has 1 aromatic heterocycles.